The van der Waals surface area contributed by atoms with Gasteiger partial charge in [-0.05, 0) is 44.2 Å². The predicted octanol–water partition coefficient (Wildman–Crippen LogP) is 2.74. The second-order valence-electron chi connectivity index (χ2n) is 5.97. The number of carbonyl (C=O) groups is 1. The Morgan fingerprint density at radius 2 is 1.92 bits per heavy atom. The van der Waals surface area contributed by atoms with Crippen LogP contribution in [0.3, 0.4) is 0 Å². The van der Waals surface area contributed by atoms with Crippen molar-refractivity contribution in [2.75, 3.05) is 0 Å². The molecule has 0 saturated carbocycles. The highest BCUT2D eigenvalue weighted by Gasteiger charge is 2.36. The quantitative estimate of drug-likeness (QED) is 0.643. The zero-order chi connectivity index (χ0) is 18.4. The zero-order valence-corrected chi connectivity index (χ0v) is 15.9. The van der Waals surface area contributed by atoms with Crippen LogP contribution in [0.5, 0.6) is 0 Å². The number of rotatable bonds is 2. The highest BCUT2D eigenvalue weighted by Crippen LogP contribution is 2.29. The van der Waals surface area contributed by atoms with Crippen molar-refractivity contribution in [2.45, 2.75) is 27.0 Å². The van der Waals surface area contributed by atoms with Crippen molar-refractivity contribution in [3.05, 3.63) is 57.6 Å². The van der Waals surface area contributed by atoms with Gasteiger partial charge in [-0.3, -0.25) is 4.79 Å². The molecule has 1 amide bonds. The summed E-state index contributed by atoms with van der Waals surface area (Å²) in [7, 11) is 0. The summed E-state index contributed by atoms with van der Waals surface area (Å²) in [5, 5.41) is 10.0. The van der Waals surface area contributed by atoms with E-state index in [1.54, 1.807) is 4.52 Å². The van der Waals surface area contributed by atoms with Gasteiger partial charge in [0, 0.05) is 28.3 Å². The van der Waals surface area contributed by atoms with Crippen molar-refractivity contribution in [2.24, 2.45) is 5.10 Å². The topological polar surface area (TPSA) is 85.0 Å². The van der Waals surface area contributed by atoms with Crippen LogP contribution in [0.25, 0.3) is 5.78 Å². The molecule has 4 rings (SSSR count). The van der Waals surface area contributed by atoms with Crippen molar-refractivity contribution >= 4 is 33.5 Å². The van der Waals surface area contributed by atoms with Crippen LogP contribution in [-0.4, -0.2) is 36.4 Å². The van der Waals surface area contributed by atoms with E-state index in [2.05, 4.69) is 36.1 Å². The Morgan fingerprint density at radius 3 is 2.62 bits per heavy atom. The Balaban J connectivity index is 1.73. The molecule has 0 saturated heterocycles. The number of carbonyl (C=O) groups excluding carboxylic acids is 1. The number of hydrazone groups is 1. The molecule has 132 valence electrons. The van der Waals surface area contributed by atoms with Crippen LogP contribution in [0, 0.1) is 13.8 Å². The summed E-state index contributed by atoms with van der Waals surface area (Å²) in [4.78, 5) is 20.9. The Hall–Kier alpha value is -2.81. The Kier molecular flexibility index (Phi) is 3.95. The van der Waals surface area contributed by atoms with E-state index in [4.69, 9.17) is 4.74 Å². The molecule has 0 spiro atoms. The van der Waals surface area contributed by atoms with Crippen molar-refractivity contribution < 1.29 is 9.53 Å². The van der Waals surface area contributed by atoms with Gasteiger partial charge >= 0.3 is 0 Å². The van der Waals surface area contributed by atoms with Crippen LogP contribution in [0.2, 0.25) is 0 Å². The summed E-state index contributed by atoms with van der Waals surface area (Å²) in [6.45, 7) is 5.24. The number of nitrogens with zero attached hydrogens (tertiary/aromatic N) is 6. The minimum Gasteiger partial charge on any atom is -0.442 e. The van der Waals surface area contributed by atoms with Gasteiger partial charge in [-0.25, -0.2) is 9.50 Å². The second kappa shape index (κ2) is 6.17. The van der Waals surface area contributed by atoms with Gasteiger partial charge in [-0.1, -0.05) is 15.9 Å². The summed E-state index contributed by atoms with van der Waals surface area (Å²) in [6, 6.07) is 9.39. The standard InChI is InChI=1S/C17H15BrN6O2/c1-9-8-10(2)23-17(19-9)20-14(21-23)16-24(11(3)25)22-15(26-16)12-4-6-13(18)7-5-12/h4-8,16H,1-3H3. The molecule has 9 heteroatoms. The van der Waals surface area contributed by atoms with Crippen molar-refractivity contribution in [3.63, 3.8) is 0 Å². The lowest BCUT2D eigenvalue weighted by molar-refractivity contribution is -0.135. The molecule has 0 N–H and O–H groups in total. The smallest absolute Gasteiger partial charge is 0.258 e. The molecule has 2 aromatic heterocycles. The molecule has 0 radical (unpaired) electrons. The van der Waals surface area contributed by atoms with Gasteiger partial charge in [0.25, 0.3) is 12.0 Å². The molecular weight excluding hydrogens is 400 g/mol. The minimum absolute atomic E-state index is 0.262. The monoisotopic (exact) mass is 414 g/mol. The van der Waals surface area contributed by atoms with Gasteiger partial charge in [0.1, 0.15) is 0 Å². The lowest BCUT2D eigenvalue weighted by Crippen LogP contribution is -2.26. The van der Waals surface area contributed by atoms with E-state index in [9.17, 15) is 4.79 Å². The average Bonchev–Trinajstić information content (AvgIpc) is 3.19. The van der Waals surface area contributed by atoms with Gasteiger partial charge in [0.2, 0.25) is 17.6 Å². The van der Waals surface area contributed by atoms with E-state index < -0.39 is 6.23 Å². The third kappa shape index (κ3) is 2.84. The number of halogens is 1. The average molecular weight is 415 g/mol. The third-order valence-electron chi connectivity index (χ3n) is 3.91. The molecule has 1 aliphatic rings. The van der Waals surface area contributed by atoms with E-state index in [0.717, 1.165) is 21.4 Å². The van der Waals surface area contributed by atoms with Crippen LogP contribution in [0.4, 0.5) is 0 Å². The lowest BCUT2D eigenvalue weighted by Gasteiger charge is -2.15. The molecule has 1 atom stereocenters. The Labute approximate surface area is 157 Å². The maximum Gasteiger partial charge on any atom is 0.258 e. The minimum atomic E-state index is -0.826. The van der Waals surface area contributed by atoms with Gasteiger partial charge < -0.3 is 4.74 Å². The van der Waals surface area contributed by atoms with Crippen LogP contribution in [-0.2, 0) is 9.53 Å². The van der Waals surface area contributed by atoms with E-state index in [0.29, 0.717) is 17.5 Å². The fourth-order valence-corrected chi connectivity index (χ4v) is 3.00. The van der Waals surface area contributed by atoms with Crippen LogP contribution < -0.4 is 0 Å². The number of ether oxygens (including phenoxy) is 1. The number of amides is 1. The molecule has 0 fully saturated rings. The van der Waals surface area contributed by atoms with Crippen molar-refractivity contribution in [3.8, 4) is 0 Å². The molecule has 1 aromatic carbocycles. The number of benzene rings is 1. The molecule has 1 aliphatic heterocycles. The van der Waals surface area contributed by atoms with E-state index in [1.165, 1.54) is 11.9 Å². The number of hydrogen-bond acceptors (Lipinski definition) is 6. The zero-order valence-electron chi connectivity index (χ0n) is 14.3. The maximum absolute atomic E-state index is 12.1. The first kappa shape index (κ1) is 16.6. The van der Waals surface area contributed by atoms with E-state index >= 15 is 0 Å². The summed E-state index contributed by atoms with van der Waals surface area (Å²) in [5.74, 6) is 0.873. The second-order valence-corrected chi connectivity index (χ2v) is 6.88. The van der Waals surface area contributed by atoms with Gasteiger partial charge in [-0.15, -0.1) is 10.2 Å². The molecule has 0 bridgehead atoms. The van der Waals surface area contributed by atoms with Crippen molar-refractivity contribution in [1.29, 1.82) is 0 Å². The first-order chi connectivity index (χ1) is 12.4. The summed E-state index contributed by atoms with van der Waals surface area (Å²) in [5.41, 5.74) is 2.50. The van der Waals surface area contributed by atoms with E-state index in [-0.39, 0.29) is 5.91 Å². The molecular formula is C17H15BrN6O2. The maximum atomic E-state index is 12.1. The highest BCUT2D eigenvalue weighted by atomic mass is 79.9. The van der Waals surface area contributed by atoms with E-state index in [1.807, 2.05) is 44.2 Å². The predicted molar refractivity (Wildman–Crippen MR) is 97.3 cm³/mol. The largest absolute Gasteiger partial charge is 0.442 e. The Morgan fingerprint density at radius 1 is 1.19 bits per heavy atom. The summed E-state index contributed by atoms with van der Waals surface area (Å²) >= 11 is 3.39. The molecule has 3 aromatic rings. The molecule has 1 unspecified atom stereocenters. The SMILES string of the molecule is CC(=O)N1N=C(c2ccc(Br)cc2)OC1c1nc2nc(C)cc(C)n2n1. The van der Waals surface area contributed by atoms with Crippen LogP contribution in [0.1, 0.15) is 35.9 Å². The van der Waals surface area contributed by atoms with Crippen LogP contribution >= 0.6 is 15.9 Å². The van der Waals surface area contributed by atoms with Crippen LogP contribution in [0.15, 0.2) is 39.9 Å². The number of hydrogen-bond donors (Lipinski definition) is 0. The fourth-order valence-electron chi connectivity index (χ4n) is 2.73. The molecule has 3 heterocycles. The molecule has 8 nitrogen and oxygen atoms in total. The summed E-state index contributed by atoms with van der Waals surface area (Å²) < 4.78 is 8.49. The van der Waals surface area contributed by atoms with Crippen molar-refractivity contribution in [1.82, 2.24) is 24.6 Å². The number of aryl methyl sites for hydroxylation is 2. The first-order valence-corrected chi connectivity index (χ1v) is 8.73. The first-order valence-electron chi connectivity index (χ1n) is 7.94. The Bertz CT molecular complexity index is 1040. The normalized spacial score (nSPS) is 16.7. The fraction of sp³-hybridized carbons (Fsp3) is 0.235. The summed E-state index contributed by atoms with van der Waals surface area (Å²) in [6.07, 6.45) is -0.826. The highest BCUT2D eigenvalue weighted by molar-refractivity contribution is 9.10. The number of fused-ring (bicyclic) bond motifs is 1. The number of aromatic nitrogens is 4. The van der Waals surface area contributed by atoms with Gasteiger partial charge in [0.15, 0.2) is 0 Å². The molecule has 26 heavy (non-hydrogen) atoms. The molecule has 0 aliphatic carbocycles. The van der Waals surface area contributed by atoms with Gasteiger partial charge in [0.05, 0.1) is 0 Å². The third-order valence-corrected chi connectivity index (χ3v) is 4.44. The lowest BCUT2D eigenvalue weighted by atomic mass is 10.2. The van der Waals surface area contributed by atoms with Gasteiger partial charge in [-0.2, -0.15) is 9.99 Å².